The molecule has 0 aromatic heterocycles. The monoisotopic (exact) mass is 258 g/mol. The van der Waals surface area contributed by atoms with Gasteiger partial charge >= 0.3 is 0 Å². The van der Waals surface area contributed by atoms with Gasteiger partial charge in [0.25, 0.3) is 0 Å². The molecule has 0 radical (unpaired) electrons. The molecule has 1 heteroatoms. The van der Waals surface area contributed by atoms with Gasteiger partial charge in [0.05, 0.1) is 6.61 Å². The normalized spacial score (nSPS) is 11.7. The molecule has 0 fully saturated rings. The highest BCUT2D eigenvalue weighted by molar-refractivity contribution is 5.48. The Morgan fingerprint density at radius 2 is 1.89 bits per heavy atom. The summed E-state index contributed by atoms with van der Waals surface area (Å²) >= 11 is 0. The molecule has 0 N–H and O–H groups in total. The van der Waals surface area contributed by atoms with Gasteiger partial charge in [0, 0.05) is 5.92 Å². The van der Waals surface area contributed by atoms with Crippen LogP contribution < -0.4 is 4.74 Å². The molecule has 0 heterocycles. The van der Waals surface area contributed by atoms with Crippen LogP contribution in [0.3, 0.4) is 0 Å². The second-order valence-electron chi connectivity index (χ2n) is 5.27. The molecule has 0 aliphatic carbocycles. The van der Waals surface area contributed by atoms with Crippen molar-refractivity contribution in [2.24, 2.45) is 5.92 Å². The molecule has 0 saturated heterocycles. The highest BCUT2D eigenvalue weighted by Gasteiger charge is 2.12. The molecule has 1 rings (SSSR count). The quantitative estimate of drug-likeness (QED) is 0.701. The van der Waals surface area contributed by atoms with Crippen LogP contribution in [0.1, 0.15) is 49.4 Å². The highest BCUT2D eigenvalue weighted by atomic mass is 16.5. The van der Waals surface area contributed by atoms with E-state index in [1.807, 2.05) is 6.92 Å². The maximum atomic E-state index is 5.83. The molecule has 0 aliphatic rings. The van der Waals surface area contributed by atoms with Gasteiger partial charge in [-0.05, 0) is 68.9 Å². The van der Waals surface area contributed by atoms with Crippen LogP contribution in [0.5, 0.6) is 5.75 Å². The lowest BCUT2D eigenvalue weighted by molar-refractivity contribution is 0.314. The van der Waals surface area contributed by atoms with E-state index >= 15 is 0 Å². The van der Waals surface area contributed by atoms with Crippen LogP contribution >= 0.6 is 0 Å². The second kappa shape index (κ2) is 7.24. The number of aryl methyl sites for hydroxylation is 1. The predicted molar refractivity (Wildman–Crippen MR) is 82.8 cm³/mol. The van der Waals surface area contributed by atoms with Crippen molar-refractivity contribution in [2.75, 3.05) is 6.61 Å². The maximum absolute atomic E-state index is 5.83. The van der Waals surface area contributed by atoms with E-state index in [9.17, 15) is 0 Å². The number of ether oxygens (including phenoxy) is 1. The Morgan fingerprint density at radius 3 is 2.47 bits per heavy atom. The SMILES string of the molecule is CC#CC(C)Cc1c(C)cc(OCCC)c(C)c1C. The molecule has 0 amide bonds. The Balaban J connectivity index is 3.06. The van der Waals surface area contributed by atoms with E-state index in [1.165, 1.54) is 22.3 Å². The summed E-state index contributed by atoms with van der Waals surface area (Å²) in [5.41, 5.74) is 5.37. The molecule has 104 valence electrons. The van der Waals surface area contributed by atoms with E-state index < -0.39 is 0 Å². The fourth-order valence-corrected chi connectivity index (χ4v) is 2.38. The van der Waals surface area contributed by atoms with E-state index in [-0.39, 0.29) is 0 Å². The average molecular weight is 258 g/mol. The summed E-state index contributed by atoms with van der Waals surface area (Å²) < 4.78 is 5.83. The zero-order valence-corrected chi connectivity index (χ0v) is 13.2. The van der Waals surface area contributed by atoms with E-state index in [1.54, 1.807) is 0 Å². The van der Waals surface area contributed by atoms with Crippen molar-refractivity contribution < 1.29 is 4.74 Å². The summed E-state index contributed by atoms with van der Waals surface area (Å²) in [6.07, 6.45) is 2.07. The standard InChI is InChI=1S/C18H26O/c1-7-9-13(3)11-17-14(4)12-18(19-10-8-2)16(6)15(17)5/h12-13H,8,10-11H2,1-6H3. The zero-order valence-electron chi connectivity index (χ0n) is 13.2. The minimum atomic E-state index is 0.407. The molecule has 1 aromatic rings. The minimum Gasteiger partial charge on any atom is -0.493 e. The molecular weight excluding hydrogens is 232 g/mol. The molecule has 19 heavy (non-hydrogen) atoms. The van der Waals surface area contributed by atoms with E-state index in [2.05, 4.69) is 52.5 Å². The van der Waals surface area contributed by atoms with Gasteiger partial charge in [-0.2, -0.15) is 0 Å². The lowest BCUT2D eigenvalue weighted by Crippen LogP contribution is -2.06. The second-order valence-corrected chi connectivity index (χ2v) is 5.27. The van der Waals surface area contributed by atoms with Crippen molar-refractivity contribution in [3.8, 4) is 17.6 Å². The van der Waals surface area contributed by atoms with Gasteiger partial charge in [0.2, 0.25) is 0 Å². The molecule has 1 atom stereocenters. The molecule has 0 spiro atoms. The third-order valence-electron chi connectivity index (χ3n) is 3.57. The van der Waals surface area contributed by atoms with Crippen LogP contribution in [0.2, 0.25) is 0 Å². The van der Waals surface area contributed by atoms with Gasteiger partial charge < -0.3 is 4.74 Å². The predicted octanol–water partition coefficient (Wildman–Crippen LogP) is 4.60. The van der Waals surface area contributed by atoms with Gasteiger partial charge in [-0.25, -0.2) is 0 Å². The molecule has 0 aliphatic heterocycles. The van der Waals surface area contributed by atoms with Gasteiger partial charge in [-0.15, -0.1) is 11.8 Å². The molecule has 0 bridgehead atoms. The Bertz CT molecular complexity index is 489. The number of benzene rings is 1. The van der Waals surface area contributed by atoms with Crippen molar-refractivity contribution >= 4 is 0 Å². The molecular formula is C18H26O. The zero-order chi connectivity index (χ0) is 14.4. The van der Waals surface area contributed by atoms with E-state index in [0.29, 0.717) is 5.92 Å². The van der Waals surface area contributed by atoms with E-state index in [4.69, 9.17) is 4.74 Å². The first-order chi connectivity index (χ1) is 9.01. The smallest absolute Gasteiger partial charge is 0.122 e. The summed E-state index contributed by atoms with van der Waals surface area (Å²) in [6.45, 7) is 13.5. The van der Waals surface area contributed by atoms with E-state index in [0.717, 1.165) is 25.2 Å². The van der Waals surface area contributed by atoms with Crippen molar-refractivity contribution in [1.29, 1.82) is 0 Å². The maximum Gasteiger partial charge on any atom is 0.122 e. The third kappa shape index (κ3) is 4.03. The molecule has 1 nitrogen and oxygen atoms in total. The molecule has 1 aromatic carbocycles. The first kappa shape index (κ1) is 15.6. The third-order valence-corrected chi connectivity index (χ3v) is 3.57. The van der Waals surface area contributed by atoms with Crippen molar-refractivity contribution in [2.45, 2.75) is 54.4 Å². The first-order valence-electron chi connectivity index (χ1n) is 7.16. The van der Waals surface area contributed by atoms with Gasteiger partial charge in [-0.3, -0.25) is 0 Å². The van der Waals surface area contributed by atoms with Gasteiger partial charge in [0.1, 0.15) is 5.75 Å². The van der Waals surface area contributed by atoms with Crippen LogP contribution in [-0.2, 0) is 6.42 Å². The van der Waals surface area contributed by atoms with Crippen LogP contribution in [0, 0.1) is 38.5 Å². The summed E-state index contributed by atoms with van der Waals surface area (Å²) in [7, 11) is 0. The summed E-state index contributed by atoms with van der Waals surface area (Å²) in [5.74, 6) is 7.68. The van der Waals surface area contributed by atoms with Crippen LogP contribution in [0.15, 0.2) is 6.07 Å². The minimum absolute atomic E-state index is 0.407. The summed E-state index contributed by atoms with van der Waals surface area (Å²) in [5, 5.41) is 0. The van der Waals surface area contributed by atoms with Gasteiger partial charge in [-0.1, -0.05) is 13.8 Å². The van der Waals surface area contributed by atoms with Gasteiger partial charge in [0.15, 0.2) is 0 Å². The topological polar surface area (TPSA) is 9.23 Å². The van der Waals surface area contributed by atoms with Crippen LogP contribution in [-0.4, -0.2) is 6.61 Å². The Hall–Kier alpha value is -1.42. The fraction of sp³-hybridized carbons (Fsp3) is 0.556. The number of rotatable bonds is 5. The first-order valence-corrected chi connectivity index (χ1v) is 7.16. The lowest BCUT2D eigenvalue weighted by atomic mass is 9.91. The molecule has 0 saturated carbocycles. The van der Waals surface area contributed by atoms with Crippen LogP contribution in [0.4, 0.5) is 0 Å². The lowest BCUT2D eigenvalue weighted by Gasteiger charge is -2.18. The molecule has 1 unspecified atom stereocenters. The Kier molecular flexibility index (Phi) is 5.96. The largest absolute Gasteiger partial charge is 0.493 e. The van der Waals surface area contributed by atoms with Crippen molar-refractivity contribution in [1.82, 2.24) is 0 Å². The Labute approximate surface area is 118 Å². The number of hydrogen-bond donors (Lipinski definition) is 0. The summed E-state index contributed by atoms with van der Waals surface area (Å²) in [4.78, 5) is 0. The fourth-order valence-electron chi connectivity index (χ4n) is 2.38. The van der Waals surface area contributed by atoms with Crippen molar-refractivity contribution in [3.63, 3.8) is 0 Å². The van der Waals surface area contributed by atoms with Crippen LogP contribution in [0.25, 0.3) is 0 Å². The highest BCUT2D eigenvalue weighted by Crippen LogP contribution is 2.29. The number of hydrogen-bond acceptors (Lipinski definition) is 1. The average Bonchev–Trinajstić information content (AvgIpc) is 2.37. The Morgan fingerprint density at radius 1 is 1.21 bits per heavy atom. The summed E-state index contributed by atoms with van der Waals surface area (Å²) in [6, 6.07) is 2.18. The van der Waals surface area contributed by atoms with Crippen molar-refractivity contribution in [3.05, 3.63) is 28.3 Å².